The van der Waals surface area contributed by atoms with Gasteiger partial charge in [0.05, 0.1) is 24.3 Å². The van der Waals surface area contributed by atoms with Crippen LogP contribution in [-0.2, 0) is 4.79 Å². The second-order valence-corrected chi connectivity index (χ2v) is 5.49. The van der Waals surface area contributed by atoms with Gasteiger partial charge in [0.25, 0.3) is 0 Å². The van der Waals surface area contributed by atoms with E-state index < -0.39 is 0 Å². The molecule has 0 fully saturated rings. The van der Waals surface area contributed by atoms with Crippen molar-refractivity contribution in [2.75, 3.05) is 6.61 Å². The van der Waals surface area contributed by atoms with Gasteiger partial charge in [-0.05, 0) is 23.8 Å². The average molecular weight is 293 g/mol. The highest BCUT2D eigenvalue weighted by atomic mass is 16.5. The van der Waals surface area contributed by atoms with Crippen molar-refractivity contribution in [2.45, 2.75) is 13.0 Å². The van der Waals surface area contributed by atoms with E-state index in [1.807, 2.05) is 36.4 Å². The van der Waals surface area contributed by atoms with Crippen molar-refractivity contribution in [3.63, 3.8) is 0 Å². The molecule has 5 heteroatoms. The highest BCUT2D eigenvalue weighted by molar-refractivity contribution is 6.07. The Morgan fingerprint density at radius 1 is 1.27 bits per heavy atom. The second-order valence-electron chi connectivity index (χ2n) is 5.49. The molecule has 1 amide bonds. The van der Waals surface area contributed by atoms with Gasteiger partial charge in [-0.3, -0.25) is 9.78 Å². The van der Waals surface area contributed by atoms with Crippen LogP contribution in [0.1, 0.15) is 24.1 Å². The number of carbonyl (C=O) groups excluding carboxylic acids is 1. The third-order valence-corrected chi connectivity index (χ3v) is 4.14. The number of hydrogen-bond acceptors (Lipinski definition) is 4. The zero-order valence-corrected chi connectivity index (χ0v) is 12.1. The van der Waals surface area contributed by atoms with E-state index in [4.69, 9.17) is 4.74 Å². The summed E-state index contributed by atoms with van der Waals surface area (Å²) in [4.78, 5) is 16.2. The molecule has 0 saturated heterocycles. The van der Waals surface area contributed by atoms with E-state index in [1.54, 1.807) is 17.4 Å². The van der Waals surface area contributed by atoms with E-state index in [0.717, 1.165) is 22.6 Å². The highest BCUT2D eigenvalue weighted by Gasteiger charge is 2.44. The zero-order chi connectivity index (χ0) is 15.1. The maximum absolute atomic E-state index is 12.0. The van der Waals surface area contributed by atoms with E-state index in [2.05, 4.69) is 10.1 Å². The van der Waals surface area contributed by atoms with Gasteiger partial charge in [0.1, 0.15) is 5.75 Å². The number of rotatable bonds is 1. The van der Waals surface area contributed by atoms with Crippen LogP contribution in [0.15, 0.2) is 53.9 Å². The normalized spacial score (nSPS) is 22.4. The van der Waals surface area contributed by atoms with Crippen molar-refractivity contribution in [1.29, 1.82) is 0 Å². The fourth-order valence-corrected chi connectivity index (χ4v) is 3.17. The molecule has 3 heterocycles. The standard InChI is InChI=1S/C17H15N3O2/c1-11(21)20-17(12-5-4-8-18-9-12)14-10-22-15-7-3-2-6-13(15)16(14)19-20/h2-9,14,17H,10H2,1H3/t14-,17-/m1/s1. The minimum Gasteiger partial charge on any atom is -0.492 e. The van der Waals surface area contributed by atoms with Crippen LogP contribution in [-0.4, -0.2) is 28.2 Å². The first-order chi connectivity index (χ1) is 10.8. The van der Waals surface area contributed by atoms with Gasteiger partial charge in [-0.2, -0.15) is 5.10 Å². The Morgan fingerprint density at radius 3 is 2.91 bits per heavy atom. The second kappa shape index (κ2) is 4.94. The molecule has 22 heavy (non-hydrogen) atoms. The predicted molar refractivity (Wildman–Crippen MR) is 81.5 cm³/mol. The smallest absolute Gasteiger partial charge is 0.240 e. The maximum atomic E-state index is 12.0. The molecule has 0 N–H and O–H groups in total. The van der Waals surface area contributed by atoms with E-state index in [-0.39, 0.29) is 17.9 Å². The Hall–Kier alpha value is -2.69. The quantitative estimate of drug-likeness (QED) is 0.811. The van der Waals surface area contributed by atoms with E-state index >= 15 is 0 Å². The van der Waals surface area contributed by atoms with Gasteiger partial charge in [0.15, 0.2) is 0 Å². The van der Waals surface area contributed by atoms with Gasteiger partial charge >= 0.3 is 0 Å². The van der Waals surface area contributed by atoms with Gasteiger partial charge in [0.2, 0.25) is 5.91 Å². The number of hydrogen-bond donors (Lipinski definition) is 0. The Kier molecular flexibility index (Phi) is 2.92. The molecule has 1 aromatic heterocycles. The minimum atomic E-state index is -0.158. The van der Waals surface area contributed by atoms with Crippen LogP contribution in [0.2, 0.25) is 0 Å². The van der Waals surface area contributed by atoms with Crippen molar-refractivity contribution in [2.24, 2.45) is 11.0 Å². The first kappa shape index (κ1) is 13.0. The third-order valence-electron chi connectivity index (χ3n) is 4.14. The average Bonchev–Trinajstić information content (AvgIpc) is 2.96. The fraction of sp³-hybridized carbons (Fsp3) is 0.235. The molecule has 4 rings (SSSR count). The van der Waals surface area contributed by atoms with Crippen molar-refractivity contribution in [1.82, 2.24) is 9.99 Å². The van der Waals surface area contributed by atoms with Gasteiger partial charge in [-0.1, -0.05) is 18.2 Å². The molecule has 2 atom stereocenters. The van der Waals surface area contributed by atoms with Crippen molar-refractivity contribution in [3.8, 4) is 5.75 Å². The molecule has 0 unspecified atom stereocenters. The number of pyridine rings is 1. The lowest BCUT2D eigenvalue weighted by atomic mass is 9.86. The summed E-state index contributed by atoms with van der Waals surface area (Å²) in [5.74, 6) is 0.782. The Labute approximate surface area is 128 Å². The third kappa shape index (κ3) is 1.89. The molecule has 0 saturated carbocycles. The van der Waals surface area contributed by atoms with Gasteiger partial charge in [-0.15, -0.1) is 0 Å². The number of benzene rings is 1. The highest BCUT2D eigenvalue weighted by Crippen LogP contribution is 2.42. The van der Waals surface area contributed by atoms with Crippen LogP contribution in [0.3, 0.4) is 0 Å². The minimum absolute atomic E-state index is 0.0306. The number of para-hydroxylation sites is 1. The van der Waals surface area contributed by atoms with Crippen molar-refractivity contribution >= 4 is 11.6 Å². The van der Waals surface area contributed by atoms with Crippen LogP contribution in [0.25, 0.3) is 0 Å². The summed E-state index contributed by atoms with van der Waals surface area (Å²) in [5.41, 5.74) is 2.87. The van der Waals surface area contributed by atoms with Gasteiger partial charge in [-0.25, -0.2) is 5.01 Å². The Bertz CT molecular complexity index is 758. The topological polar surface area (TPSA) is 54.8 Å². The molecular weight excluding hydrogens is 278 g/mol. The maximum Gasteiger partial charge on any atom is 0.240 e. The van der Waals surface area contributed by atoms with Crippen LogP contribution in [0.4, 0.5) is 0 Å². The summed E-state index contributed by atoms with van der Waals surface area (Å²) in [6.45, 7) is 2.05. The summed E-state index contributed by atoms with van der Waals surface area (Å²) in [6.07, 6.45) is 3.52. The molecule has 2 aromatic rings. The molecule has 2 aliphatic rings. The molecule has 2 aliphatic heterocycles. The molecule has 0 aliphatic carbocycles. The number of nitrogens with zero attached hydrogens (tertiary/aromatic N) is 3. The summed E-state index contributed by atoms with van der Waals surface area (Å²) in [7, 11) is 0. The molecule has 1 aromatic carbocycles. The number of carbonyl (C=O) groups is 1. The monoisotopic (exact) mass is 293 g/mol. The Morgan fingerprint density at radius 2 is 2.14 bits per heavy atom. The Balaban J connectivity index is 1.82. The first-order valence-corrected chi connectivity index (χ1v) is 7.26. The number of aromatic nitrogens is 1. The van der Waals surface area contributed by atoms with Gasteiger partial charge in [0, 0.05) is 24.9 Å². The lowest BCUT2D eigenvalue weighted by Crippen LogP contribution is -2.34. The molecule has 0 spiro atoms. The van der Waals surface area contributed by atoms with E-state index in [0.29, 0.717) is 6.61 Å². The molecule has 0 bridgehead atoms. The number of fused-ring (bicyclic) bond motifs is 3. The zero-order valence-electron chi connectivity index (χ0n) is 12.1. The van der Waals surface area contributed by atoms with Crippen LogP contribution in [0.5, 0.6) is 5.75 Å². The molecule has 5 nitrogen and oxygen atoms in total. The van der Waals surface area contributed by atoms with E-state index in [1.165, 1.54) is 6.92 Å². The fourth-order valence-electron chi connectivity index (χ4n) is 3.17. The largest absolute Gasteiger partial charge is 0.492 e. The molecular formula is C17H15N3O2. The summed E-state index contributed by atoms with van der Waals surface area (Å²) < 4.78 is 5.88. The number of ether oxygens (including phenoxy) is 1. The summed E-state index contributed by atoms with van der Waals surface area (Å²) in [5, 5.41) is 6.16. The summed E-state index contributed by atoms with van der Waals surface area (Å²) >= 11 is 0. The number of amides is 1. The van der Waals surface area contributed by atoms with Crippen LogP contribution in [0, 0.1) is 5.92 Å². The van der Waals surface area contributed by atoms with Gasteiger partial charge < -0.3 is 4.74 Å². The molecule has 0 radical (unpaired) electrons. The molecule has 110 valence electrons. The van der Waals surface area contributed by atoms with Crippen molar-refractivity contribution in [3.05, 3.63) is 59.9 Å². The van der Waals surface area contributed by atoms with Crippen LogP contribution >= 0.6 is 0 Å². The van der Waals surface area contributed by atoms with Crippen molar-refractivity contribution < 1.29 is 9.53 Å². The SMILES string of the molecule is CC(=O)N1N=C2c3ccccc3OC[C@H]2[C@H]1c1cccnc1. The number of hydrazone groups is 1. The first-order valence-electron chi connectivity index (χ1n) is 7.26. The summed E-state index contributed by atoms with van der Waals surface area (Å²) in [6, 6.07) is 11.5. The van der Waals surface area contributed by atoms with Crippen LogP contribution < -0.4 is 4.74 Å². The van der Waals surface area contributed by atoms with E-state index in [9.17, 15) is 4.79 Å². The lowest BCUT2D eigenvalue weighted by molar-refractivity contribution is -0.131. The lowest BCUT2D eigenvalue weighted by Gasteiger charge is -2.29. The predicted octanol–water partition coefficient (Wildman–Crippen LogP) is 2.40.